The second kappa shape index (κ2) is 7.72. The van der Waals surface area contributed by atoms with Crippen LogP contribution in [0.1, 0.15) is 37.8 Å². The van der Waals surface area contributed by atoms with Crippen LogP contribution >= 0.6 is 0 Å². The van der Waals surface area contributed by atoms with Gasteiger partial charge in [-0.2, -0.15) is 0 Å². The standard InChI is InChI=1S/C25H24FN3O4/c1-25(2)18(12-20(33-25)22-17-11-16(26)4-5-19(17)28-23(22)30)15-3-6-21(27-13-15)29-9-7-14(8-10-29)24(31)32/h3-6,11-14H,7-10H2,1-2H3,(H,28,30)(H,31,32)/b22-20+. The van der Waals surface area contributed by atoms with Crippen molar-refractivity contribution in [3.8, 4) is 0 Å². The van der Waals surface area contributed by atoms with Crippen LogP contribution in [0, 0.1) is 11.7 Å². The molecule has 0 aliphatic carbocycles. The van der Waals surface area contributed by atoms with Crippen LogP contribution in [0.3, 0.4) is 0 Å². The summed E-state index contributed by atoms with van der Waals surface area (Å²) in [7, 11) is 0. The fourth-order valence-corrected chi connectivity index (χ4v) is 4.69. The molecule has 7 nitrogen and oxygen atoms in total. The second-order valence-electron chi connectivity index (χ2n) is 9.06. The first-order chi connectivity index (χ1) is 15.7. The fourth-order valence-electron chi connectivity index (χ4n) is 4.69. The maximum Gasteiger partial charge on any atom is 0.306 e. The summed E-state index contributed by atoms with van der Waals surface area (Å²) in [6, 6.07) is 8.07. The third-order valence-electron chi connectivity index (χ3n) is 6.49. The number of allylic oxidation sites excluding steroid dienone is 1. The Hall–Kier alpha value is -3.68. The molecule has 4 heterocycles. The molecule has 0 bridgehead atoms. The Balaban J connectivity index is 1.43. The molecule has 0 saturated carbocycles. The Kier molecular flexibility index (Phi) is 4.96. The number of benzene rings is 1. The maximum absolute atomic E-state index is 13.8. The number of nitrogens with zero attached hydrogens (tertiary/aromatic N) is 2. The lowest BCUT2D eigenvalue weighted by atomic mass is 9.93. The molecule has 3 aliphatic rings. The van der Waals surface area contributed by atoms with Gasteiger partial charge in [-0.25, -0.2) is 9.37 Å². The van der Waals surface area contributed by atoms with Crippen LogP contribution in [0.4, 0.5) is 15.9 Å². The van der Waals surface area contributed by atoms with Gasteiger partial charge in [-0.1, -0.05) is 0 Å². The maximum atomic E-state index is 13.8. The average molecular weight is 449 g/mol. The van der Waals surface area contributed by atoms with Gasteiger partial charge < -0.3 is 20.1 Å². The minimum atomic E-state index is -0.736. The van der Waals surface area contributed by atoms with E-state index >= 15 is 0 Å². The molecule has 0 radical (unpaired) electrons. The average Bonchev–Trinajstić information content (AvgIpc) is 3.28. The highest BCUT2D eigenvalue weighted by molar-refractivity contribution is 6.32. The highest BCUT2D eigenvalue weighted by Gasteiger charge is 2.38. The van der Waals surface area contributed by atoms with Gasteiger partial charge in [0.25, 0.3) is 5.91 Å². The van der Waals surface area contributed by atoms with Gasteiger partial charge >= 0.3 is 5.97 Å². The van der Waals surface area contributed by atoms with E-state index in [-0.39, 0.29) is 11.8 Å². The van der Waals surface area contributed by atoms with Crippen molar-refractivity contribution in [1.82, 2.24) is 4.98 Å². The number of aliphatic carboxylic acids is 1. The number of amides is 1. The quantitative estimate of drug-likeness (QED) is 0.687. The van der Waals surface area contributed by atoms with Crippen molar-refractivity contribution in [2.75, 3.05) is 23.3 Å². The number of hydrogen-bond acceptors (Lipinski definition) is 5. The van der Waals surface area contributed by atoms with Crippen molar-refractivity contribution in [2.24, 2.45) is 5.92 Å². The van der Waals surface area contributed by atoms with Crippen molar-refractivity contribution < 1.29 is 23.8 Å². The molecule has 33 heavy (non-hydrogen) atoms. The number of rotatable bonds is 3. The second-order valence-corrected chi connectivity index (χ2v) is 9.06. The van der Waals surface area contributed by atoms with Gasteiger partial charge in [-0.15, -0.1) is 0 Å². The van der Waals surface area contributed by atoms with Gasteiger partial charge in [0.05, 0.1) is 11.5 Å². The number of hydrogen-bond donors (Lipinski definition) is 2. The van der Waals surface area contributed by atoms with Crippen LogP contribution < -0.4 is 10.2 Å². The lowest BCUT2D eigenvalue weighted by Crippen LogP contribution is -2.36. The lowest BCUT2D eigenvalue weighted by molar-refractivity contribution is -0.142. The SMILES string of the molecule is CC1(C)O/C(=C2/C(=O)Nc3ccc(F)cc32)C=C1c1ccc(N2CCC(C(=O)O)CC2)nc1. The van der Waals surface area contributed by atoms with Gasteiger partial charge in [-0.05, 0) is 63.1 Å². The largest absolute Gasteiger partial charge is 0.482 e. The van der Waals surface area contributed by atoms with Crippen molar-refractivity contribution in [1.29, 1.82) is 0 Å². The first kappa shape index (κ1) is 21.2. The van der Waals surface area contributed by atoms with E-state index in [0.29, 0.717) is 48.5 Å². The number of pyridine rings is 1. The number of halogens is 1. The number of anilines is 2. The molecule has 2 aromatic rings. The molecule has 1 saturated heterocycles. The number of ether oxygens (including phenoxy) is 1. The van der Waals surface area contributed by atoms with Crippen molar-refractivity contribution in [3.63, 3.8) is 0 Å². The zero-order chi connectivity index (χ0) is 23.3. The van der Waals surface area contributed by atoms with Crippen LogP contribution in [0.25, 0.3) is 11.1 Å². The summed E-state index contributed by atoms with van der Waals surface area (Å²) in [5, 5.41) is 11.9. The molecule has 1 amide bonds. The molecule has 0 spiro atoms. The Bertz CT molecular complexity index is 1210. The third kappa shape index (κ3) is 3.75. The smallest absolute Gasteiger partial charge is 0.306 e. The normalized spacial score (nSPS) is 22.0. The molecule has 2 N–H and O–H groups in total. The zero-order valence-corrected chi connectivity index (χ0v) is 18.4. The summed E-state index contributed by atoms with van der Waals surface area (Å²) in [6.45, 7) is 5.14. The van der Waals surface area contributed by atoms with Crippen molar-refractivity contribution in [3.05, 3.63) is 65.3 Å². The first-order valence-electron chi connectivity index (χ1n) is 10.9. The van der Waals surface area contributed by atoms with E-state index < -0.39 is 17.4 Å². The molecule has 0 atom stereocenters. The zero-order valence-electron chi connectivity index (χ0n) is 18.4. The topological polar surface area (TPSA) is 91.8 Å². The molecule has 1 fully saturated rings. The predicted molar refractivity (Wildman–Crippen MR) is 122 cm³/mol. The molecule has 170 valence electrons. The summed E-state index contributed by atoms with van der Waals surface area (Å²) < 4.78 is 20.0. The minimum absolute atomic E-state index is 0.292. The number of carboxylic acids is 1. The molecular formula is C25H24FN3O4. The summed E-state index contributed by atoms with van der Waals surface area (Å²) in [5.41, 5.74) is 2.38. The van der Waals surface area contributed by atoms with Crippen molar-refractivity contribution in [2.45, 2.75) is 32.3 Å². The van der Waals surface area contributed by atoms with E-state index in [4.69, 9.17) is 4.74 Å². The highest BCUT2D eigenvalue weighted by atomic mass is 19.1. The van der Waals surface area contributed by atoms with E-state index in [0.717, 1.165) is 17.0 Å². The van der Waals surface area contributed by atoms with Crippen LogP contribution in [-0.4, -0.2) is 40.7 Å². The Morgan fingerprint density at radius 3 is 2.67 bits per heavy atom. The lowest BCUT2D eigenvalue weighted by Gasteiger charge is -2.31. The predicted octanol–water partition coefficient (Wildman–Crippen LogP) is 4.08. The number of nitrogens with one attached hydrogen (secondary N) is 1. The van der Waals surface area contributed by atoms with E-state index in [1.807, 2.05) is 32.1 Å². The summed E-state index contributed by atoms with van der Waals surface area (Å²) in [5.74, 6) is -0.566. The number of carbonyl (C=O) groups is 2. The van der Waals surface area contributed by atoms with E-state index in [1.54, 1.807) is 12.3 Å². The van der Waals surface area contributed by atoms with Gasteiger partial charge in [0, 0.05) is 41.7 Å². The Morgan fingerprint density at radius 1 is 1.24 bits per heavy atom. The number of carbonyl (C=O) groups excluding carboxylic acids is 1. The molecule has 1 aromatic heterocycles. The minimum Gasteiger partial charge on any atom is -0.482 e. The molecule has 8 heteroatoms. The van der Waals surface area contributed by atoms with E-state index in [1.165, 1.54) is 12.1 Å². The number of fused-ring (bicyclic) bond motifs is 1. The number of carboxylic acid groups (broad SMARTS) is 1. The van der Waals surface area contributed by atoms with Gasteiger partial charge in [0.1, 0.15) is 23.0 Å². The van der Waals surface area contributed by atoms with Crippen LogP contribution in [-0.2, 0) is 14.3 Å². The molecule has 1 aromatic carbocycles. The summed E-state index contributed by atoms with van der Waals surface area (Å²) in [6.07, 6.45) is 4.80. The molecule has 5 rings (SSSR count). The number of piperidine rings is 1. The van der Waals surface area contributed by atoms with Crippen molar-refractivity contribution >= 4 is 34.5 Å². The summed E-state index contributed by atoms with van der Waals surface area (Å²) in [4.78, 5) is 30.5. The van der Waals surface area contributed by atoms with Gasteiger partial charge in [-0.3, -0.25) is 9.59 Å². The van der Waals surface area contributed by atoms with Crippen LogP contribution in [0.5, 0.6) is 0 Å². The molecule has 3 aliphatic heterocycles. The van der Waals surface area contributed by atoms with Crippen LogP contribution in [0.15, 0.2) is 48.4 Å². The molecule has 0 unspecified atom stereocenters. The Morgan fingerprint density at radius 2 is 2.00 bits per heavy atom. The van der Waals surface area contributed by atoms with Crippen LogP contribution in [0.2, 0.25) is 0 Å². The van der Waals surface area contributed by atoms with Gasteiger partial charge in [0.15, 0.2) is 0 Å². The fraction of sp³-hybridized carbons (Fsp3) is 0.320. The molecular weight excluding hydrogens is 425 g/mol. The highest BCUT2D eigenvalue weighted by Crippen LogP contribution is 2.44. The first-order valence-corrected chi connectivity index (χ1v) is 10.9. The van der Waals surface area contributed by atoms with E-state index in [2.05, 4.69) is 15.2 Å². The summed E-state index contributed by atoms with van der Waals surface area (Å²) >= 11 is 0. The van der Waals surface area contributed by atoms with E-state index in [9.17, 15) is 19.1 Å². The Labute approximate surface area is 190 Å². The number of aromatic nitrogens is 1. The monoisotopic (exact) mass is 449 g/mol. The third-order valence-corrected chi connectivity index (χ3v) is 6.49. The van der Waals surface area contributed by atoms with Gasteiger partial charge in [0.2, 0.25) is 0 Å².